The van der Waals surface area contributed by atoms with Gasteiger partial charge >= 0.3 is 0 Å². The number of carbonyl (C=O) groups excluding carboxylic acids is 1. The summed E-state index contributed by atoms with van der Waals surface area (Å²) in [6, 6.07) is 0.471. The number of rotatable bonds is 9. The summed E-state index contributed by atoms with van der Waals surface area (Å²) in [7, 11) is 3.51. The lowest BCUT2D eigenvalue weighted by atomic mass is 10.0. The molecule has 1 fully saturated rings. The second-order valence-corrected chi connectivity index (χ2v) is 7.03. The first-order valence-corrected chi connectivity index (χ1v) is 9.30. The molecule has 1 rings (SSSR count). The average Bonchev–Trinajstić information content (AvgIpc) is 3.03. The Morgan fingerprint density at radius 1 is 1.28 bits per heavy atom. The Hall–Kier alpha value is -0.570. The predicted molar refractivity (Wildman–Crippen MR) is 115 cm³/mol. The molecule has 1 atom stereocenters. The highest BCUT2D eigenvalue weighted by molar-refractivity contribution is 14.0. The lowest BCUT2D eigenvalue weighted by Crippen LogP contribution is -2.44. The number of likely N-dealkylation sites (N-methyl/N-ethyl adjacent to an activating group) is 1. The van der Waals surface area contributed by atoms with Gasteiger partial charge in [-0.1, -0.05) is 26.7 Å². The SMILES string of the molecule is CCOC(CCNC(=NCC(=O)N(C)C)NC1CCCC1)C(C)C.I. The number of guanidine groups is 1. The molecule has 7 heteroatoms. The average molecular weight is 468 g/mol. The number of carbonyl (C=O) groups is 1. The van der Waals surface area contributed by atoms with Crippen LogP contribution in [-0.2, 0) is 9.53 Å². The molecule has 148 valence electrons. The fourth-order valence-electron chi connectivity index (χ4n) is 2.86. The standard InChI is InChI=1S/C18H36N4O2.HI/c1-6-24-16(14(2)3)11-12-19-18(20-13-17(23)22(4)5)21-15-9-7-8-10-15;/h14-16H,6-13H2,1-5H3,(H2,19,20,21);1H. The van der Waals surface area contributed by atoms with Gasteiger partial charge in [0.05, 0.1) is 6.10 Å². The Labute approximate surface area is 170 Å². The highest BCUT2D eigenvalue weighted by Gasteiger charge is 2.17. The molecule has 1 aliphatic carbocycles. The third-order valence-corrected chi connectivity index (χ3v) is 4.41. The van der Waals surface area contributed by atoms with Crippen molar-refractivity contribution in [3.05, 3.63) is 0 Å². The van der Waals surface area contributed by atoms with Crippen LogP contribution in [0.25, 0.3) is 0 Å². The second-order valence-electron chi connectivity index (χ2n) is 7.03. The Balaban J connectivity index is 0.00000576. The van der Waals surface area contributed by atoms with Gasteiger partial charge in [0.1, 0.15) is 6.54 Å². The van der Waals surface area contributed by atoms with Crippen LogP contribution in [0.4, 0.5) is 0 Å². The van der Waals surface area contributed by atoms with Crippen molar-refractivity contribution in [3.63, 3.8) is 0 Å². The zero-order valence-electron chi connectivity index (χ0n) is 16.5. The maximum Gasteiger partial charge on any atom is 0.243 e. The van der Waals surface area contributed by atoms with Crippen molar-refractivity contribution in [2.75, 3.05) is 33.8 Å². The first kappa shape index (κ1) is 24.4. The number of hydrogen-bond donors (Lipinski definition) is 2. The van der Waals surface area contributed by atoms with Crippen molar-refractivity contribution in [1.29, 1.82) is 0 Å². The molecule has 0 aromatic carbocycles. The summed E-state index contributed by atoms with van der Waals surface area (Å²) < 4.78 is 5.79. The van der Waals surface area contributed by atoms with Crippen LogP contribution in [0.15, 0.2) is 4.99 Å². The minimum absolute atomic E-state index is 0. The zero-order chi connectivity index (χ0) is 17.9. The summed E-state index contributed by atoms with van der Waals surface area (Å²) in [4.78, 5) is 17.8. The molecule has 0 aromatic heterocycles. The van der Waals surface area contributed by atoms with E-state index >= 15 is 0 Å². The van der Waals surface area contributed by atoms with E-state index in [-0.39, 0.29) is 42.5 Å². The quantitative estimate of drug-likeness (QED) is 0.310. The number of aliphatic imine (C=N–C) groups is 1. The van der Waals surface area contributed by atoms with E-state index in [9.17, 15) is 4.79 Å². The van der Waals surface area contributed by atoms with Crippen molar-refractivity contribution < 1.29 is 9.53 Å². The smallest absolute Gasteiger partial charge is 0.243 e. The lowest BCUT2D eigenvalue weighted by Gasteiger charge is -2.22. The molecule has 0 radical (unpaired) electrons. The molecule has 0 aliphatic heterocycles. The Kier molecular flexibility index (Phi) is 13.3. The van der Waals surface area contributed by atoms with Crippen LogP contribution in [0.1, 0.15) is 52.9 Å². The molecule has 1 aliphatic rings. The molecule has 1 saturated carbocycles. The molecular weight excluding hydrogens is 431 g/mol. The van der Waals surface area contributed by atoms with Crippen LogP contribution in [0.3, 0.4) is 0 Å². The van der Waals surface area contributed by atoms with Crippen LogP contribution in [0, 0.1) is 5.92 Å². The molecule has 0 heterocycles. The predicted octanol–water partition coefficient (Wildman–Crippen LogP) is 2.62. The molecule has 0 aromatic rings. The minimum atomic E-state index is 0. The number of amides is 1. The van der Waals surface area contributed by atoms with Crippen molar-refractivity contribution in [2.24, 2.45) is 10.9 Å². The van der Waals surface area contributed by atoms with Gasteiger partial charge < -0.3 is 20.3 Å². The second kappa shape index (κ2) is 13.6. The van der Waals surface area contributed by atoms with Crippen LogP contribution in [0.5, 0.6) is 0 Å². The van der Waals surface area contributed by atoms with Crippen LogP contribution >= 0.6 is 24.0 Å². The van der Waals surface area contributed by atoms with Gasteiger partial charge in [0.2, 0.25) is 5.91 Å². The number of ether oxygens (including phenoxy) is 1. The maximum atomic E-state index is 11.8. The van der Waals surface area contributed by atoms with Crippen LogP contribution in [-0.4, -0.2) is 62.7 Å². The van der Waals surface area contributed by atoms with Gasteiger partial charge in [0.15, 0.2) is 5.96 Å². The molecule has 6 nitrogen and oxygen atoms in total. The minimum Gasteiger partial charge on any atom is -0.378 e. The molecule has 0 spiro atoms. The van der Waals surface area contributed by atoms with Gasteiger partial charge in [0.25, 0.3) is 0 Å². The number of nitrogens with zero attached hydrogens (tertiary/aromatic N) is 2. The Morgan fingerprint density at radius 3 is 2.44 bits per heavy atom. The van der Waals surface area contributed by atoms with E-state index in [1.165, 1.54) is 25.7 Å². The summed E-state index contributed by atoms with van der Waals surface area (Å²) >= 11 is 0. The van der Waals surface area contributed by atoms with E-state index in [1.54, 1.807) is 19.0 Å². The number of halogens is 1. The zero-order valence-corrected chi connectivity index (χ0v) is 18.8. The molecule has 1 amide bonds. The molecule has 1 unspecified atom stereocenters. The molecule has 0 bridgehead atoms. The van der Waals surface area contributed by atoms with Gasteiger partial charge in [-0.2, -0.15) is 0 Å². The molecule has 0 saturated heterocycles. The fraction of sp³-hybridized carbons (Fsp3) is 0.889. The summed E-state index contributed by atoms with van der Waals surface area (Å²) in [6.07, 6.45) is 6.06. The first-order valence-electron chi connectivity index (χ1n) is 9.30. The van der Waals surface area contributed by atoms with Crippen molar-refractivity contribution in [2.45, 2.75) is 65.0 Å². The van der Waals surface area contributed by atoms with E-state index < -0.39 is 0 Å². The third kappa shape index (κ3) is 10.2. The fourth-order valence-corrected chi connectivity index (χ4v) is 2.86. The third-order valence-electron chi connectivity index (χ3n) is 4.41. The van der Waals surface area contributed by atoms with Gasteiger partial charge in [0, 0.05) is 33.3 Å². The van der Waals surface area contributed by atoms with Crippen molar-refractivity contribution in [1.82, 2.24) is 15.5 Å². The molecule has 25 heavy (non-hydrogen) atoms. The molecular formula is C18H37IN4O2. The normalized spacial score (nSPS) is 16.5. The van der Waals surface area contributed by atoms with Gasteiger partial charge in [-0.3, -0.25) is 4.79 Å². The highest BCUT2D eigenvalue weighted by atomic mass is 127. The maximum absolute atomic E-state index is 11.8. The monoisotopic (exact) mass is 468 g/mol. The molecule has 2 N–H and O–H groups in total. The van der Waals surface area contributed by atoms with Crippen LogP contribution < -0.4 is 10.6 Å². The van der Waals surface area contributed by atoms with Gasteiger partial charge in [-0.25, -0.2) is 4.99 Å². The van der Waals surface area contributed by atoms with Crippen molar-refractivity contribution in [3.8, 4) is 0 Å². The van der Waals surface area contributed by atoms with E-state index in [0.29, 0.717) is 12.0 Å². The summed E-state index contributed by atoms with van der Waals surface area (Å²) in [5.41, 5.74) is 0. The summed E-state index contributed by atoms with van der Waals surface area (Å²) in [6.45, 7) is 8.10. The van der Waals surface area contributed by atoms with E-state index in [0.717, 1.165) is 25.5 Å². The first-order chi connectivity index (χ1) is 11.4. The highest BCUT2D eigenvalue weighted by Crippen LogP contribution is 2.17. The van der Waals surface area contributed by atoms with E-state index in [1.807, 2.05) is 6.92 Å². The number of hydrogen-bond acceptors (Lipinski definition) is 3. The van der Waals surface area contributed by atoms with Gasteiger partial charge in [-0.15, -0.1) is 24.0 Å². The van der Waals surface area contributed by atoms with E-state index in [4.69, 9.17) is 4.74 Å². The van der Waals surface area contributed by atoms with Crippen molar-refractivity contribution >= 4 is 35.8 Å². The number of nitrogens with one attached hydrogen (secondary N) is 2. The topological polar surface area (TPSA) is 66.0 Å². The Bertz CT molecular complexity index is 397. The van der Waals surface area contributed by atoms with Crippen LogP contribution in [0.2, 0.25) is 0 Å². The van der Waals surface area contributed by atoms with E-state index in [2.05, 4.69) is 29.5 Å². The lowest BCUT2D eigenvalue weighted by molar-refractivity contribution is -0.127. The van der Waals surface area contributed by atoms with Gasteiger partial charge in [-0.05, 0) is 32.1 Å². The summed E-state index contributed by atoms with van der Waals surface area (Å²) in [5, 5.41) is 6.85. The Morgan fingerprint density at radius 2 is 1.92 bits per heavy atom. The largest absolute Gasteiger partial charge is 0.378 e. The summed E-state index contributed by atoms with van der Waals surface area (Å²) in [5.74, 6) is 1.25.